The number of hydrogen-bond acceptors (Lipinski definition) is 2. The summed E-state index contributed by atoms with van der Waals surface area (Å²) < 4.78 is 1.70. The Kier molecular flexibility index (Phi) is 3.69. The molecule has 4 rings (SSSR count). The third-order valence-electron chi connectivity index (χ3n) is 4.27. The molecule has 0 aliphatic rings. The van der Waals surface area contributed by atoms with Gasteiger partial charge in [0.1, 0.15) is 5.82 Å². The summed E-state index contributed by atoms with van der Waals surface area (Å²) in [4.78, 5) is 18.0. The molecular formula is C22H18N2O. The van der Waals surface area contributed by atoms with Gasteiger partial charge in [-0.1, -0.05) is 47.5 Å². The van der Waals surface area contributed by atoms with Crippen molar-refractivity contribution in [3.63, 3.8) is 0 Å². The minimum Gasteiger partial charge on any atom is -0.268 e. The highest BCUT2D eigenvalue weighted by Gasteiger charge is 2.14. The zero-order valence-electron chi connectivity index (χ0n) is 14.2. The average Bonchev–Trinajstić information content (AvgIpc) is 2.61. The van der Waals surface area contributed by atoms with E-state index in [0.29, 0.717) is 16.7 Å². The van der Waals surface area contributed by atoms with Crippen molar-refractivity contribution in [1.29, 1.82) is 0 Å². The van der Waals surface area contributed by atoms with Crippen molar-refractivity contribution in [2.24, 2.45) is 0 Å². The molecular weight excluding hydrogens is 308 g/mol. The van der Waals surface area contributed by atoms with Gasteiger partial charge in [-0.2, -0.15) is 0 Å². The van der Waals surface area contributed by atoms with Crippen LogP contribution in [-0.2, 0) is 0 Å². The zero-order chi connectivity index (χ0) is 17.4. The maximum Gasteiger partial charge on any atom is 0.266 e. The van der Waals surface area contributed by atoms with Gasteiger partial charge in [-0.15, -0.1) is 0 Å². The van der Waals surface area contributed by atoms with Crippen molar-refractivity contribution in [3.8, 4) is 17.1 Å². The first-order valence-electron chi connectivity index (χ1n) is 8.29. The number of nitrogens with zero attached hydrogens (tertiary/aromatic N) is 2. The van der Waals surface area contributed by atoms with Crippen LogP contribution >= 0.6 is 0 Å². The van der Waals surface area contributed by atoms with E-state index in [0.717, 1.165) is 22.4 Å². The summed E-state index contributed by atoms with van der Waals surface area (Å²) in [5.74, 6) is 0.668. The normalized spacial score (nSPS) is 11.0. The highest BCUT2D eigenvalue weighted by molar-refractivity contribution is 5.80. The number of rotatable bonds is 2. The van der Waals surface area contributed by atoms with Crippen LogP contribution in [0.2, 0.25) is 0 Å². The molecule has 0 atom stereocenters. The molecule has 1 heterocycles. The second kappa shape index (κ2) is 6.02. The van der Waals surface area contributed by atoms with Crippen LogP contribution < -0.4 is 5.56 Å². The fourth-order valence-corrected chi connectivity index (χ4v) is 3.25. The Bertz CT molecular complexity index is 1110. The lowest BCUT2D eigenvalue weighted by molar-refractivity contribution is 0.975. The Morgan fingerprint density at radius 3 is 2.16 bits per heavy atom. The molecule has 0 bridgehead atoms. The van der Waals surface area contributed by atoms with Gasteiger partial charge < -0.3 is 0 Å². The quantitative estimate of drug-likeness (QED) is 0.536. The molecule has 0 unspecified atom stereocenters. The molecule has 0 radical (unpaired) electrons. The summed E-state index contributed by atoms with van der Waals surface area (Å²) in [6.07, 6.45) is 0. The number of fused-ring (bicyclic) bond motifs is 1. The maximum absolute atomic E-state index is 13.2. The van der Waals surface area contributed by atoms with Gasteiger partial charge >= 0.3 is 0 Å². The molecule has 122 valence electrons. The van der Waals surface area contributed by atoms with Gasteiger partial charge in [-0.05, 0) is 50.2 Å². The van der Waals surface area contributed by atoms with Crippen molar-refractivity contribution in [1.82, 2.24) is 9.55 Å². The van der Waals surface area contributed by atoms with Gasteiger partial charge in [0.15, 0.2) is 0 Å². The Balaban J connectivity index is 2.14. The van der Waals surface area contributed by atoms with Gasteiger partial charge in [0, 0.05) is 5.56 Å². The monoisotopic (exact) mass is 326 g/mol. The van der Waals surface area contributed by atoms with Gasteiger partial charge in [-0.25, -0.2) is 4.98 Å². The lowest BCUT2D eigenvalue weighted by atomic mass is 10.1. The number of para-hydroxylation sites is 2. The Hall–Kier alpha value is -3.20. The van der Waals surface area contributed by atoms with Crippen LogP contribution in [0.4, 0.5) is 0 Å². The van der Waals surface area contributed by atoms with Gasteiger partial charge in [-0.3, -0.25) is 9.36 Å². The highest BCUT2D eigenvalue weighted by atomic mass is 16.1. The fraction of sp³-hybridized carbons (Fsp3) is 0.0909. The van der Waals surface area contributed by atoms with Crippen LogP contribution in [-0.4, -0.2) is 9.55 Å². The summed E-state index contributed by atoms with van der Waals surface area (Å²) in [6.45, 7) is 4.12. The molecule has 0 N–H and O–H groups in total. The van der Waals surface area contributed by atoms with E-state index in [-0.39, 0.29) is 5.56 Å². The number of hydrogen-bond donors (Lipinski definition) is 0. The molecule has 3 heteroatoms. The maximum atomic E-state index is 13.2. The minimum absolute atomic E-state index is 0.0500. The van der Waals surface area contributed by atoms with Crippen LogP contribution in [0, 0.1) is 13.8 Å². The average molecular weight is 326 g/mol. The van der Waals surface area contributed by atoms with E-state index in [2.05, 4.69) is 32.0 Å². The molecule has 25 heavy (non-hydrogen) atoms. The molecule has 3 nitrogen and oxygen atoms in total. The van der Waals surface area contributed by atoms with Crippen molar-refractivity contribution < 1.29 is 0 Å². The summed E-state index contributed by atoms with van der Waals surface area (Å²) in [6, 6.07) is 23.4. The molecule has 0 amide bonds. The third-order valence-corrected chi connectivity index (χ3v) is 4.27. The van der Waals surface area contributed by atoms with Crippen molar-refractivity contribution in [2.75, 3.05) is 0 Å². The van der Waals surface area contributed by atoms with E-state index in [1.165, 1.54) is 0 Å². The molecule has 0 spiro atoms. The second-order valence-electron chi connectivity index (χ2n) is 6.31. The predicted molar refractivity (Wildman–Crippen MR) is 102 cm³/mol. The van der Waals surface area contributed by atoms with E-state index in [4.69, 9.17) is 4.98 Å². The molecule has 0 aliphatic heterocycles. The van der Waals surface area contributed by atoms with Crippen LogP contribution in [0.1, 0.15) is 11.1 Å². The molecule has 0 saturated heterocycles. The number of benzene rings is 3. The van der Waals surface area contributed by atoms with Crippen molar-refractivity contribution in [2.45, 2.75) is 13.8 Å². The van der Waals surface area contributed by atoms with E-state index < -0.39 is 0 Å². The first-order valence-corrected chi connectivity index (χ1v) is 8.29. The first kappa shape index (κ1) is 15.3. The Morgan fingerprint density at radius 2 is 1.44 bits per heavy atom. The van der Waals surface area contributed by atoms with E-state index in [1.807, 2.05) is 54.6 Å². The minimum atomic E-state index is -0.0500. The summed E-state index contributed by atoms with van der Waals surface area (Å²) >= 11 is 0. The fourth-order valence-electron chi connectivity index (χ4n) is 3.25. The summed E-state index contributed by atoms with van der Waals surface area (Å²) in [5, 5.41) is 0.625. The third kappa shape index (κ3) is 2.74. The van der Waals surface area contributed by atoms with Crippen molar-refractivity contribution >= 4 is 10.9 Å². The number of aryl methyl sites for hydroxylation is 2. The van der Waals surface area contributed by atoms with Crippen LogP contribution in [0.15, 0.2) is 77.6 Å². The zero-order valence-corrected chi connectivity index (χ0v) is 14.2. The first-order chi connectivity index (χ1) is 12.1. The summed E-state index contributed by atoms with van der Waals surface area (Å²) in [5.41, 5.74) is 4.73. The smallest absolute Gasteiger partial charge is 0.266 e. The molecule has 0 saturated carbocycles. The summed E-state index contributed by atoms with van der Waals surface area (Å²) in [7, 11) is 0. The van der Waals surface area contributed by atoms with E-state index in [1.54, 1.807) is 4.57 Å². The molecule has 3 aromatic carbocycles. The Morgan fingerprint density at radius 1 is 0.800 bits per heavy atom. The molecule has 1 aromatic heterocycles. The standard InChI is InChI=1S/C22H18N2O/c1-15-12-16(2)14-17(13-15)21-23-20-11-7-6-10-19(20)22(25)24(21)18-8-4-3-5-9-18/h3-14H,1-2H3. The number of aromatic nitrogens is 2. The Labute approximate surface area is 146 Å². The lowest BCUT2D eigenvalue weighted by Gasteiger charge is -2.14. The van der Waals surface area contributed by atoms with Gasteiger partial charge in [0.25, 0.3) is 5.56 Å². The van der Waals surface area contributed by atoms with Crippen LogP contribution in [0.3, 0.4) is 0 Å². The molecule has 0 aliphatic carbocycles. The molecule has 4 aromatic rings. The van der Waals surface area contributed by atoms with E-state index in [9.17, 15) is 4.79 Å². The molecule has 0 fully saturated rings. The SMILES string of the molecule is Cc1cc(C)cc(-c2nc3ccccc3c(=O)n2-c2ccccc2)c1. The van der Waals surface area contributed by atoms with E-state index >= 15 is 0 Å². The largest absolute Gasteiger partial charge is 0.268 e. The predicted octanol–water partition coefficient (Wildman–Crippen LogP) is 4.67. The lowest BCUT2D eigenvalue weighted by Crippen LogP contribution is -2.22. The van der Waals surface area contributed by atoms with Crippen LogP contribution in [0.25, 0.3) is 28.0 Å². The van der Waals surface area contributed by atoms with Gasteiger partial charge in [0.05, 0.1) is 16.6 Å². The van der Waals surface area contributed by atoms with Gasteiger partial charge in [0.2, 0.25) is 0 Å². The second-order valence-corrected chi connectivity index (χ2v) is 6.31. The van der Waals surface area contributed by atoms with Crippen molar-refractivity contribution in [3.05, 3.63) is 94.3 Å². The topological polar surface area (TPSA) is 34.9 Å². The highest BCUT2D eigenvalue weighted by Crippen LogP contribution is 2.24. The van der Waals surface area contributed by atoms with Crippen LogP contribution in [0.5, 0.6) is 0 Å².